The zero-order valence-electron chi connectivity index (χ0n) is 9.51. The van der Waals surface area contributed by atoms with Gasteiger partial charge in [0.25, 0.3) is 0 Å². The zero-order valence-corrected chi connectivity index (χ0v) is 9.51. The summed E-state index contributed by atoms with van der Waals surface area (Å²) in [5.74, 6) is -0.454. The molecule has 0 aliphatic rings. The Hall–Kier alpha value is -2.90. The third kappa shape index (κ3) is 5.26. The van der Waals surface area contributed by atoms with Crippen molar-refractivity contribution in [2.45, 2.75) is 0 Å². The van der Waals surface area contributed by atoms with Gasteiger partial charge in [0.15, 0.2) is 0 Å². The van der Waals surface area contributed by atoms with Crippen molar-refractivity contribution in [1.82, 2.24) is 10.9 Å². The Balaban J connectivity index is 2.67. The quantitative estimate of drug-likeness (QED) is 0.237. The SMILES string of the molecule is N=C(N)NN=Cc1cccc(C=NNC(=N)N)c1. The number of rotatable bonds is 4. The van der Waals surface area contributed by atoms with Gasteiger partial charge in [-0.25, -0.2) is 10.9 Å². The van der Waals surface area contributed by atoms with Gasteiger partial charge in [-0.05, 0) is 17.2 Å². The molecule has 0 saturated carbocycles. The van der Waals surface area contributed by atoms with E-state index < -0.39 is 0 Å². The van der Waals surface area contributed by atoms with Crippen LogP contribution < -0.4 is 22.3 Å². The molecule has 1 aromatic carbocycles. The van der Waals surface area contributed by atoms with Crippen LogP contribution in [-0.4, -0.2) is 24.3 Å². The van der Waals surface area contributed by atoms with Gasteiger partial charge in [-0.1, -0.05) is 18.2 Å². The van der Waals surface area contributed by atoms with Gasteiger partial charge >= 0.3 is 0 Å². The molecule has 1 aromatic rings. The van der Waals surface area contributed by atoms with Crippen LogP contribution in [0.3, 0.4) is 0 Å². The van der Waals surface area contributed by atoms with E-state index in [0.717, 1.165) is 11.1 Å². The number of hydrogen-bond acceptors (Lipinski definition) is 4. The average Bonchev–Trinajstić information content (AvgIpc) is 2.28. The molecular formula is C10H14N8. The first-order valence-electron chi connectivity index (χ1n) is 4.94. The second-order valence-electron chi connectivity index (χ2n) is 3.24. The van der Waals surface area contributed by atoms with Crippen molar-refractivity contribution < 1.29 is 0 Å². The Labute approximate surface area is 104 Å². The fourth-order valence-electron chi connectivity index (χ4n) is 1.07. The highest BCUT2D eigenvalue weighted by atomic mass is 15.3. The van der Waals surface area contributed by atoms with Crippen molar-refractivity contribution in [1.29, 1.82) is 10.8 Å². The minimum absolute atomic E-state index is 0.227. The zero-order chi connectivity index (χ0) is 13.4. The van der Waals surface area contributed by atoms with Gasteiger partial charge in [0.2, 0.25) is 11.9 Å². The molecule has 0 unspecified atom stereocenters. The molecule has 0 aliphatic carbocycles. The number of benzene rings is 1. The predicted molar refractivity (Wildman–Crippen MR) is 71.7 cm³/mol. The Morgan fingerprint density at radius 3 is 1.83 bits per heavy atom. The van der Waals surface area contributed by atoms with E-state index >= 15 is 0 Å². The third-order valence-corrected chi connectivity index (χ3v) is 1.71. The normalized spacial score (nSPS) is 10.7. The molecule has 8 heteroatoms. The van der Waals surface area contributed by atoms with Crippen molar-refractivity contribution in [3.05, 3.63) is 35.4 Å². The fourth-order valence-corrected chi connectivity index (χ4v) is 1.07. The molecule has 1 rings (SSSR count). The summed E-state index contributed by atoms with van der Waals surface area (Å²) in [6.07, 6.45) is 3.05. The van der Waals surface area contributed by atoms with E-state index in [2.05, 4.69) is 21.1 Å². The highest BCUT2D eigenvalue weighted by Gasteiger charge is 1.91. The highest BCUT2D eigenvalue weighted by Crippen LogP contribution is 2.00. The maximum Gasteiger partial charge on any atom is 0.206 e. The lowest BCUT2D eigenvalue weighted by molar-refractivity contribution is 1.00. The number of guanidine groups is 2. The molecule has 0 spiro atoms. The number of hydrogen-bond donors (Lipinski definition) is 6. The van der Waals surface area contributed by atoms with Gasteiger partial charge in [0, 0.05) is 0 Å². The van der Waals surface area contributed by atoms with Crippen molar-refractivity contribution >= 4 is 24.3 Å². The Bertz CT molecular complexity index is 449. The molecule has 94 valence electrons. The molecule has 0 aliphatic heterocycles. The van der Waals surface area contributed by atoms with E-state index in [1.807, 2.05) is 24.3 Å². The van der Waals surface area contributed by atoms with Crippen LogP contribution in [-0.2, 0) is 0 Å². The van der Waals surface area contributed by atoms with Gasteiger partial charge in [-0.2, -0.15) is 10.2 Å². The number of nitrogens with zero attached hydrogens (tertiary/aromatic N) is 2. The van der Waals surface area contributed by atoms with Crippen LogP contribution >= 0.6 is 0 Å². The summed E-state index contributed by atoms with van der Waals surface area (Å²) in [4.78, 5) is 0. The van der Waals surface area contributed by atoms with Gasteiger partial charge in [0.05, 0.1) is 12.4 Å². The van der Waals surface area contributed by atoms with Gasteiger partial charge in [-0.15, -0.1) is 0 Å². The summed E-state index contributed by atoms with van der Waals surface area (Å²) in [5, 5.41) is 21.4. The molecule has 0 atom stereocenters. The highest BCUT2D eigenvalue weighted by molar-refractivity contribution is 5.87. The third-order valence-electron chi connectivity index (χ3n) is 1.71. The summed E-state index contributed by atoms with van der Waals surface area (Å²) in [7, 11) is 0. The van der Waals surface area contributed by atoms with Crippen molar-refractivity contribution in [3.8, 4) is 0 Å². The average molecular weight is 246 g/mol. The minimum Gasteiger partial charge on any atom is -0.369 e. The van der Waals surface area contributed by atoms with E-state index in [9.17, 15) is 0 Å². The molecular weight excluding hydrogens is 232 g/mol. The summed E-state index contributed by atoms with van der Waals surface area (Å²) < 4.78 is 0. The lowest BCUT2D eigenvalue weighted by Crippen LogP contribution is -2.25. The van der Waals surface area contributed by atoms with Crippen LogP contribution in [0.15, 0.2) is 34.5 Å². The topological polar surface area (TPSA) is 149 Å². The number of nitrogens with one attached hydrogen (secondary N) is 4. The van der Waals surface area contributed by atoms with Crippen molar-refractivity contribution in [3.63, 3.8) is 0 Å². The van der Waals surface area contributed by atoms with E-state index in [1.165, 1.54) is 12.4 Å². The van der Waals surface area contributed by atoms with Crippen LogP contribution in [0, 0.1) is 10.8 Å². The number of hydrazone groups is 2. The van der Waals surface area contributed by atoms with Gasteiger partial charge < -0.3 is 11.5 Å². The molecule has 0 amide bonds. The summed E-state index contributed by atoms with van der Waals surface area (Å²) >= 11 is 0. The predicted octanol–water partition coefficient (Wildman–Crippen LogP) is -0.679. The van der Waals surface area contributed by atoms with E-state index in [1.54, 1.807) is 0 Å². The number of nitrogens with two attached hydrogens (primary N) is 2. The maximum absolute atomic E-state index is 6.93. The molecule has 0 radical (unpaired) electrons. The summed E-state index contributed by atoms with van der Waals surface area (Å²) in [6.45, 7) is 0. The minimum atomic E-state index is -0.227. The van der Waals surface area contributed by atoms with Crippen LogP contribution in [0.25, 0.3) is 0 Å². The maximum atomic E-state index is 6.93. The smallest absolute Gasteiger partial charge is 0.206 e. The van der Waals surface area contributed by atoms with E-state index in [0.29, 0.717) is 0 Å². The lowest BCUT2D eigenvalue weighted by Gasteiger charge is -1.98. The molecule has 8 nitrogen and oxygen atoms in total. The van der Waals surface area contributed by atoms with Crippen molar-refractivity contribution in [2.24, 2.45) is 21.7 Å². The standard InChI is InChI=1S/C10H14N8/c11-9(12)17-15-5-7-2-1-3-8(4-7)6-16-18-10(13)14/h1-6H,(H4,11,12,17)(H4,13,14,18). The molecule has 0 fully saturated rings. The van der Waals surface area contributed by atoms with E-state index in [-0.39, 0.29) is 11.9 Å². The Morgan fingerprint density at radius 2 is 1.44 bits per heavy atom. The Morgan fingerprint density at radius 1 is 1.00 bits per heavy atom. The molecule has 0 heterocycles. The monoisotopic (exact) mass is 246 g/mol. The first-order valence-corrected chi connectivity index (χ1v) is 4.94. The molecule has 0 saturated heterocycles. The Kier molecular flexibility index (Phi) is 4.85. The second kappa shape index (κ2) is 6.63. The lowest BCUT2D eigenvalue weighted by atomic mass is 10.1. The van der Waals surface area contributed by atoms with Crippen molar-refractivity contribution in [2.75, 3.05) is 0 Å². The largest absolute Gasteiger partial charge is 0.369 e. The first kappa shape index (κ1) is 13.2. The van der Waals surface area contributed by atoms with E-state index in [4.69, 9.17) is 22.3 Å². The fraction of sp³-hybridized carbons (Fsp3) is 0. The van der Waals surface area contributed by atoms with Crippen LogP contribution in [0.5, 0.6) is 0 Å². The second-order valence-corrected chi connectivity index (χ2v) is 3.24. The van der Waals surface area contributed by atoms with Gasteiger partial charge in [-0.3, -0.25) is 10.8 Å². The molecule has 18 heavy (non-hydrogen) atoms. The molecule has 0 aromatic heterocycles. The van der Waals surface area contributed by atoms with Crippen LogP contribution in [0.1, 0.15) is 11.1 Å². The van der Waals surface area contributed by atoms with Crippen LogP contribution in [0.2, 0.25) is 0 Å². The first-order chi connectivity index (χ1) is 8.58. The molecule has 8 N–H and O–H groups in total. The van der Waals surface area contributed by atoms with Crippen LogP contribution in [0.4, 0.5) is 0 Å². The summed E-state index contributed by atoms with van der Waals surface area (Å²) in [6, 6.07) is 7.31. The summed E-state index contributed by atoms with van der Waals surface area (Å²) in [5.41, 5.74) is 16.4. The van der Waals surface area contributed by atoms with Gasteiger partial charge in [0.1, 0.15) is 0 Å². The molecule has 0 bridgehead atoms.